The van der Waals surface area contributed by atoms with Crippen LogP contribution in [-0.4, -0.2) is 9.66 Å². The summed E-state index contributed by atoms with van der Waals surface area (Å²) >= 11 is 13.7. The van der Waals surface area contributed by atoms with Crippen LogP contribution in [0, 0.1) is 0 Å². The maximum absolute atomic E-state index is 13.0. The summed E-state index contributed by atoms with van der Waals surface area (Å²) in [6.45, 7) is 0.369. The Hall–Kier alpha value is -2.34. The molecule has 2 heterocycles. The van der Waals surface area contributed by atoms with Gasteiger partial charge in [-0.2, -0.15) is 0 Å². The molecule has 0 spiro atoms. The van der Waals surface area contributed by atoms with Gasteiger partial charge in [-0.1, -0.05) is 47.5 Å². The molecule has 7 heteroatoms. The van der Waals surface area contributed by atoms with Crippen molar-refractivity contribution in [3.63, 3.8) is 0 Å². The summed E-state index contributed by atoms with van der Waals surface area (Å²) in [5, 5.41) is 3.63. The first-order valence-electron chi connectivity index (χ1n) is 7.87. The Morgan fingerprint density at radius 1 is 1.08 bits per heavy atom. The molecule has 0 saturated heterocycles. The Morgan fingerprint density at radius 2 is 1.92 bits per heavy atom. The van der Waals surface area contributed by atoms with E-state index in [0.29, 0.717) is 33.3 Å². The lowest BCUT2D eigenvalue weighted by molar-refractivity contribution is 0.803. The molecular weight excluding hydrogens is 389 g/mol. The van der Waals surface area contributed by atoms with Crippen LogP contribution in [0.1, 0.15) is 5.56 Å². The van der Waals surface area contributed by atoms with Crippen LogP contribution in [0.4, 0.5) is 0 Å². The molecule has 4 rings (SSSR count). The number of thiophene rings is 1. The summed E-state index contributed by atoms with van der Waals surface area (Å²) in [6, 6.07) is 16.5. The number of nitrogens with one attached hydrogen (secondary N) is 1. The lowest BCUT2D eigenvalue weighted by Gasteiger charge is -2.15. The summed E-state index contributed by atoms with van der Waals surface area (Å²) in [5.74, 6) is 0.578. The van der Waals surface area contributed by atoms with Crippen LogP contribution in [0.2, 0.25) is 10.0 Å². The molecule has 4 aromatic rings. The molecule has 2 aromatic heterocycles. The third-order valence-electron chi connectivity index (χ3n) is 3.96. The quantitative estimate of drug-likeness (QED) is 0.512. The molecule has 4 nitrogen and oxygen atoms in total. The van der Waals surface area contributed by atoms with Crippen LogP contribution < -0.4 is 11.0 Å². The van der Waals surface area contributed by atoms with Gasteiger partial charge in [-0.25, -0.2) is 9.66 Å². The number of fused-ring (bicyclic) bond motifs is 1. The molecule has 0 aliphatic carbocycles. The summed E-state index contributed by atoms with van der Waals surface area (Å²) in [7, 11) is 0. The minimum atomic E-state index is -0.149. The van der Waals surface area contributed by atoms with E-state index in [2.05, 4.69) is 10.4 Å². The number of para-hydroxylation sites is 1. The number of aromatic nitrogens is 2. The van der Waals surface area contributed by atoms with Crippen molar-refractivity contribution in [1.82, 2.24) is 9.66 Å². The zero-order valence-corrected chi connectivity index (χ0v) is 15.8. The standard InChI is InChI=1S/C19H13Cl2N3OS/c20-13-8-7-12(15(21)10-13)11-22-24-18(17-6-3-9-26-17)23-16-5-2-1-4-14(16)19(24)25/h1-10,22H,11H2. The first-order valence-corrected chi connectivity index (χ1v) is 9.50. The minimum Gasteiger partial charge on any atom is -0.317 e. The highest BCUT2D eigenvalue weighted by Crippen LogP contribution is 2.24. The van der Waals surface area contributed by atoms with E-state index in [1.54, 1.807) is 18.2 Å². The predicted octanol–water partition coefficient (Wildman–Crippen LogP) is 5.18. The van der Waals surface area contributed by atoms with Crippen LogP contribution in [0.3, 0.4) is 0 Å². The maximum atomic E-state index is 13.0. The van der Waals surface area contributed by atoms with E-state index in [1.165, 1.54) is 16.0 Å². The van der Waals surface area contributed by atoms with Crippen molar-refractivity contribution in [1.29, 1.82) is 0 Å². The van der Waals surface area contributed by atoms with Crippen molar-refractivity contribution in [2.24, 2.45) is 0 Å². The topological polar surface area (TPSA) is 46.9 Å². The highest BCUT2D eigenvalue weighted by atomic mass is 35.5. The van der Waals surface area contributed by atoms with Gasteiger partial charge >= 0.3 is 0 Å². The second-order valence-corrected chi connectivity index (χ2v) is 7.43. The van der Waals surface area contributed by atoms with Crippen molar-refractivity contribution >= 4 is 45.4 Å². The van der Waals surface area contributed by atoms with Gasteiger partial charge in [0.15, 0.2) is 5.82 Å². The van der Waals surface area contributed by atoms with Crippen molar-refractivity contribution in [3.05, 3.63) is 85.9 Å². The van der Waals surface area contributed by atoms with E-state index >= 15 is 0 Å². The third-order valence-corrected chi connectivity index (χ3v) is 5.41. The molecule has 1 N–H and O–H groups in total. The zero-order valence-electron chi connectivity index (χ0n) is 13.4. The van der Waals surface area contributed by atoms with E-state index in [-0.39, 0.29) is 5.56 Å². The largest absolute Gasteiger partial charge is 0.317 e. The third kappa shape index (κ3) is 3.21. The maximum Gasteiger partial charge on any atom is 0.280 e. The molecule has 130 valence electrons. The molecule has 0 aliphatic rings. The zero-order chi connectivity index (χ0) is 18.1. The average molecular weight is 402 g/mol. The first-order chi connectivity index (χ1) is 12.6. The smallest absolute Gasteiger partial charge is 0.280 e. The predicted molar refractivity (Wildman–Crippen MR) is 109 cm³/mol. The second-order valence-electron chi connectivity index (χ2n) is 5.64. The lowest BCUT2D eigenvalue weighted by Crippen LogP contribution is -2.31. The van der Waals surface area contributed by atoms with E-state index in [4.69, 9.17) is 23.2 Å². The molecule has 0 aliphatic heterocycles. The minimum absolute atomic E-state index is 0.149. The van der Waals surface area contributed by atoms with Crippen molar-refractivity contribution < 1.29 is 0 Å². The SMILES string of the molecule is O=c1c2ccccc2nc(-c2cccs2)n1NCc1ccc(Cl)cc1Cl. The number of benzene rings is 2. The second kappa shape index (κ2) is 7.11. The Balaban J connectivity index is 1.81. The summed E-state index contributed by atoms with van der Waals surface area (Å²) in [6.07, 6.45) is 0. The molecule has 2 aromatic carbocycles. The van der Waals surface area contributed by atoms with Crippen LogP contribution in [0.15, 0.2) is 64.8 Å². The molecular formula is C19H13Cl2N3OS. The Bertz CT molecular complexity index is 1140. The Labute approximate surface area is 163 Å². The highest BCUT2D eigenvalue weighted by molar-refractivity contribution is 7.13. The van der Waals surface area contributed by atoms with E-state index < -0.39 is 0 Å². The number of nitrogens with zero attached hydrogens (tertiary/aromatic N) is 2. The molecule has 0 fully saturated rings. The van der Waals surface area contributed by atoms with Gasteiger partial charge in [0.05, 0.1) is 22.3 Å². The Kier molecular flexibility index (Phi) is 4.68. The monoisotopic (exact) mass is 401 g/mol. The van der Waals surface area contributed by atoms with Crippen molar-refractivity contribution in [3.8, 4) is 10.7 Å². The van der Waals surface area contributed by atoms with Gasteiger partial charge in [0.2, 0.25) is 0 Å². The molecule has 0 radical (unpaired) electrons. The average Bonchev–Trinajstić information content (AvgIpc) is 3.17. The number of halogens is 2. The van der Waals surface area contributed by atoms with Gasteiger partial charge < -0.3 is 5.43 Å². The fourth-order valence-electron chi connectivity index (χ4n) is 2.68. The van der Waals surface area contributed by atoms with Gasteiger partial charge in [0.1, 0.15) is 0 Å². The van der Waals surface area contributed by atoms with E-state index in [9.17, 15) is 4.79 Å². The Morgan fingerprint density at radius 3 is 2.69 bits per heavy atom. The summed E-state index contributed by atoms with van der Waals surface area (Å²) in [5.41, 5.74) is 4.52. The molecule has 0 atom stereocenters. The molecule has 0 unspecified atom stereocenters. The van der Waals surface area contributed by atoms with Gasteiger partial charge in [0.25, 0.3) is 5.56 Å². The normalized spacial score (nSPS) is 11.0. The fourth-order valence-corrected chi connectivity index (χ4v) is 3.86. The lowest BCUT2D eigenvalue weighted by atomic mass is 10.2. The van der Waals surface area contributed by atoms with E-state index in [1.807, 2.05) is 41.8 Å². The molecule has 26 heavy (non-hydrogen) atoms. The van der Waals surface area contributed by atoms with Crippen LogP contribution in [0.25, 0.3) is 21.6 Å². The molecule has 0 amide bonds. The van der Waals surface area contributed by atoms with Crippen LogP contribution >= 0.6 is 34.5 Å². The van der Waals surface area contributed by atoms with Gasteiger partial charge in [-0.3, -0.25) is 4.79 Å². The van der Waals surface area contributed by atoms with E-state index in [0.717, 1.165) is 10.4 Å². The summed E-state index contributed by atoms with van der Waals surface area (Å²) < 4.78 is 1.49. The van der Waals surface area contributed by atoms with Gasteiger partial charge in [-0.05, 0) is 41.3 Å². The fraction of sp³-hybridized carbons (Fsp3) is 0.0526. The number of rotatable bonds is 4. The first kappa shape index (κ1) is 17.1. The van der Waals surface area contributed by atoms with Gasteiger partial charge in [-0.15, -0.1) is 11.3 Å². The molecule has 0 saturated carbocycles. The van der Waals surface area contributed by atoms with Crippen LogP contribution in [-0.2, 0) is 6.54 Å². The van der Waals surface area contributed by atoms with Crippen LogP contribution in [0.5, 0.6) is 0 Å². The molecule has 0 bridgehead atoms. The summed E-state index contributed by atoms with van der Waals surface area (Å²) in [4.78, 5) is 18.6. The number of hydrogen-bond donors (Lipinski definition) is 1. The van der Waals surface area contributed by atoms with Crippen molar-refractivity contribution in [2.45, 2.75) is 6.54 Å². The number of hydrogen-bond acceptors (Lipinski definition) is 4. The highest BCUT2D eigenvalue weighted by Gasteiger charge is 2.14. The van der Waals surface area contributed by atoms with Crippen molar-refractivity contribution in [2.75, 3.05) is 5.43 Å². The van der Waals surface area contributed by atoms with Gasteiger partial charge in [0, 0.05) is 10.0 Å².